The fourth-order valence-corrected chi connectivity index (χ4v) is 3.08. The van der Waals surface area contributed by atoms with E-state index in [0.717, 1.165) is 12.1 Å². The van der Waals surface area contributed by atoms with Gasteiger partial charge in [0.05, 0.1) is 23.9 Å². The molecule has 0 radical (unpaired) electrons. The number of pyridine rings is 1. The van der Waals surface area contributed by atoms with Crippen molar-refractivity contribution in [3.05, 3.63) is 77.1 Å². The largest absolute Gasteiger partial charge is 0.490 e. The SMILES string of the molecule is CCCOc1c(Cl)cc(C(=O)Nc2cccc(OCc3ccccn3)c2)cc1OCC. The maximum Gasteiger partial charge on any atom is 0.255 e. The van der Waals surface area contributed by atoms with Crippen molar-refractivity contribution in [2.45, 2.75) is 26.9 Å². The van der Waals surface area contributed by atoms with E-state index in [1.807, 2.05) is 44.2 Å². The summed E-state index contributed by atoms with van der Waals surface area (Å²) >= 11 is 6.37. The molecule has 0 saturated heterocycles. The number of carbonyl (C=O) groups excluding carboxylic acids is 1. The summed E-state index contributed by atoms with van der Waals surface area (Å²) in [6.45, 7) is 5.14. The van der Waals surface area contributed by atoms with Crippen LogP contribution in [0.2, 0.25) is 5.02 Å². The van der Waals surface area contributed by atoms with Crippen molar-refractivity contribution in [3.8, 4) is 17.2 Å². The molecule has 6 nitrogen and oxygen atoms in total. The van der Waals surface area contributed by atoms with E-state index in [9.17, 15) is 4.79 Å². The number of hydrogen-bond donors (Lipinski definition) is 1. The van der Waals surface area contributed by atoms with E-state index in [1.54, 1.807) is 30.5 Å². The number of amides is 1. The van der Waals surface area contributed by atoms with Crippen LogP contribution in [-0.4, -0.2) is 24.1 Å². The second-order valence-corrected chi connectivity index (χ2v) is 7.07. The predicted molar refractivity (Wildman–Crippen MR) is 121 cm³/mol. The van der Waals surface area contributed by atoms with E-state index >= 15 is 0 Å². The van der Waals surface area contributed by atoms with Crippen molar-refractivity contribution < 1.29 is 19.0 Å². The highest BCUT2D eigenvalue weighted by molar-refractivity contribution is 6.32. The summed E-state index contributed by atoms with van der Waals surface area (Å²) in [5.41, 5.74) is 1.79. The third kappa shape index (κ3) is 6.36. The Morgan fingerprint density at radius 1 is 1.03 bits per heavy atom. The molecule has 3 rings (SSSR count). The minimum atomic E-state index is -0.313. The van der Waals surface area contributed by atoms with Gasteiger partial charge in [0.25, 0.3) is 5.91 Å². The monoisotopic (exact) mass is 440 g/mol. The number of anilines is 1. The number of carbonyl (C=O) groups is 1. The molecule has 0 spiro atoms. The summed E-state index contributed by atoms with van der Waals surface area (Å²) in [6.07, 6.45) is 2.55. The summed E-state index contributed by atoms with van der Waals surface area (Å²) in [7, 11) is 0. The Kier molecular flexibility index (Phi) is 8.12. The van der Waals surface area contributed by atoms with Crippen LogP contribution in [-0.2, 0) is 6.61 Å². The molecular formula is C24H25ClN2O4. The smallest absolute Gasteiger partial charge is 0.255 e. The van der Waals surface area contributed by atoms with E-state index in [1.165, 1.54) is 0 Å². The zero-order valence-electron chi connectivity index (χ0n) is 17.6. The Morgan fingerprint density at radius 2 is 1.90 bits per heavy atom. The van der Waals surface area contributed by atoms with Crippen LogP contribution in [0, 0.1) is 0 Å². The van der Waals surface area contributed by atoms with Crippen molar-refractivity contribution in [2.75, 3.05) is 18.5 Å². The number of hydrogen-bond acceptors (Lipinski definition) is 5. The zero-order valence-corrected chi connectivity index (χ0v) is 18.3. The van der Waals surface area contributed by atoms with Crippen LogP contribution in [0.4, 0.5) is 5.69 Å². The van der Waals surface area contributed by atoms with E-state index in [0.29, 0.717) is 53.3 Å². The van der Waals surface area contributed by atoms with Crippen LogP contribution in [0.5, 0.6) is 17.2 Å². The van der Waals surface area contributed by atoms with Gasteiger partial charge in [-0.3, -0.25) is 9.78 Å². The molecule has 1 heterocycles. The first-order valence-corrected chi connectivity index (χ1v) is 10.5. The maximum absolute atomic E-state index is 12.8. The van der Waals surface area contributed by atoms with Gasteiger partial charge in [-0.15, -0.1) is 0 Å². The van der Waals surface area contributed by atoms with Gasteiger partial charge >= 0.3 is 0 Å². The summed E-state index contributed by atoms with van der Waals surface area (Å²) in [5, 5.41) is 3.20. The quantitative estimate of drug-likeness (QED) is 0.434. The lowest BCUT2D eigenvalue weighted by Gasteiger charge is -2.15. The number of benzene rings is 2. The molecule has 0 saturated carbocycles. The molecule has 1 amide bonds. The molecule has 0 atom stereocenters. The van der Waals surface area contributed by atoms with Crippen LogP contribution in [0.15, 0.2) is 60.8 Å². The summed E-state index contributed by atoms with van der Waals surface area (Å²) in [6, 6.07) is 16.0. The van der Waals surface area contributed by atoms with Crippen molar-refractivity contribution in [2.24, 2.45) is 0 Å². The first-order valence-electron chi connectivity index (χ1n) is 10.1. The molecule has 0 unspecified atom stereocenters. The van der Waals surface area contributed by atoms with E-state index in [2.05, 4.69) is 10.3 Å². The highest BCUT2D eigenvalue weighted by Gasteiger charge is 2.16. The highest BCUT2D eigenvalue weighted by Crippen LogP contribution is 2.37. The number of nitrogens with one attached hydrogen (secondary N) is 1. The molecule has 1 aromatic heterocycles. The zero-order chi connectivity index (χ0) is 22.1. The first-order chi connectivity index (χ1) is 15.1. The van der Waals surface area contributed by atoms with Crippen LogP contribution in [0.25, 0.3) is 0 Å². The van der Waals surface area contributed by atoms with Gasteiger partial charge < -0.3 is 19.5 Å². The average molecular weight is 441 g/mol. The van der Waals surface area contributed by atoms with Gasteiger partial charge in [-0.1, -0.05) is 30.7 Å². The van der Waals surface area contributed by atoms with E-state index < -0.39 is 0 Å². The van der Waals surface area contributed by atoms with Crippen molar-refractivity contribution in [3.63, 3.8) is 0 Å². The fraction of sp³-hybridized carbons (Fsp3) is 0.250. The lowest BCUT2D eigenvalue weighted by Crippen LogP contribution is -2.13. The Balaban J connectivity index is 1.72. The second kappa shape index (κ2) is 11.2. The molecule has 1 N–H and O–H groups in total. The molecule has 7 heteroatoms. The Morgan fingerprint density at radius 3 is 2.65 bits per heavy atom. The van der Waals surface area contributed by atoms with Gasteiger partial charge in [0, 0.05) is 23.5 Å². The molecular weight excluding hydrogens is 416 g/mol. The fourth-order valence-electron chi connectivity index (χ4n) is 2.81. The maximum atomic E-state index is 12.8. The average Bonchev–Trinajstić information content (AvgIpc) is 2.78. The number of ether oxygens (including phenoxy) is 3. The third-order valence-electron chi connectivity index (χ3n) is 4.23. The molecule has 3 aromatic rings. The minimum Gasteiger partial charge on any atom is -0.490 e. The molecule has 0 aliphatic carbocycles. The lowest BCUT2D eigenvalue weighted by molar-refractivity contribution is 0.102. The number of aromatic nitrogens is 1. The van der Waals surface area contributed by atoms with E-state index in [-0.39, 0.29) is 5.91 Å². The molecule has 162 valence electrons. The summed E-state index contributed by atoms with van der Waals surface area (Å²) in [5.74, 6) is 1.21. The van der Waals surface area contributed by atoms with Crippen molar-refractivity contribution in [1.29, 1.82) is 0 Å². The van der Waals surface area contributed by atoms with Gasteiger partial charge in [0.2, 0.25) is 0 Å². The summed E-state index contributed by atoms with van der Waals surface area (Å²) < 4.78 is 17.1. The molecule has 31 heavy (non-hydrogen) atoms. The van der Waals surface area contributed by atoms with Gasteiger partial charge in [-0.05, 0) is 49.7 Å². The van der Waals surface area contributed by atoms with Crippen LogP contribution in [0.1, 0.15) is 36.3 Å². The topological polar surface area (TPSA) is 69.7 Å². The Bertz CT molecular complexity index is 1010. The predicted octanol–water partition coefficient (Wildman–Crippen LogP) is 5.75. The van der Waals surface area contributed by atoms with Gasteiger partial charge in [0.15, 0.2) is 11.5 Å². The lowest BCUT2D eigenvalue weighted by atomic mass is 10.1. The summed E-state index contributed by atoms with van der Waals surface area (Å²) in [4.78, 5) is 17.1. The van der Waals surface area contributed by atoms with E-state index in [4.69, 9.17) is 25.8 Å². The minimum absolute atomic E-state index is 0.313. The Hall–Kier alpha value is -3.25. The number of halogens is 1. The second-order valence-electron chi connectivity index (χ2n) is 6.66. The van der Waals surface area contributed by atoms with Gasteiger partial charge in [-0.25, -0.2) is 0 Å². The molecule has 0 aliphatic rings. The normalized spacial score (nSPS) is 10.4. The van der Waals surface area contributed by atoms with Crippen LogP contribution >= 0.6 is 11.6 Å². The molecule has 2 aromatic carbocycles. The Labute approximate surface area is 187 Å². The van der Waals surface area contributed by atoms with Crippen molar-refractivity contribution in [1.82, 2.24) is 4.98 Å². The number of rotatable bonds is 10. The third-order valence-corrected chi connectivity index (χ3v) is 4.51. The first kappa shape index (κ1) is 22.4. The van der Waals surface area contributed by atoms with Crippen LogP contribution < -0.4 is 19.5 Å². The van der Waals surface area contributed by atoms with Gasteiger partial charge in [0.1, 0.15) is 12.4 Å². The van der Waals surface area contributed by atoms with Gasteiger partial charge in [-0.2, -0.15) is 0 Å². The number of nitrogens with zero attached hydrogens (tertiary/aromatic N) is 1. The highest BCUT2D eigenvalue weighted by atomic mass is 35.5. The molecule has 0 fully saturated rings. The molecule has 0 bridgehead atoms. The van der Waals surface area contributed by atoms with Crippen molar-refractivity contribution >= 4 is 23.2 Å². The molecule has 0 aliphatic heterocycles. The standard InChI is InChI=1S/C24H25ClN2O4/c1-3-12-30-23-21(25)13-17(14-22(23)29-4-2)24(28)27-18-9-7-10-20(15-18)31-16-19-8-5-6-11-26-19/h5-11,13-15H,3-4,12,16H2,1-2H3,(H,27,28). The van der Waals surface area contributed by atoms with Crippen LogP contribution in [0.3, 0.4) is 0 Å².